The van der Waals surface area contributed by atoms with E-state index in [9.17, 15) is 14.3 Å². The van der Waals surface area contributed by atoms with Crippen molar-refractivity contribution in [3.05, 3.63) is 50.4 Å². The van der Waals surface area contributed by atoms with E-state index in [2.05, 4.69) is 15.9 Å². The van der Waals surface area contributed by atoms with E-state index in [1.54, 1.807) is 7.05 Å². The van der Waals surface area contributed by atoms with Gasteiger partial charge in [0.2, 0.25) is 0 Å². The second kappa shape index (κ2) is 5.71. The number of benzene rings is 1. The van der Waals surface area contributed by atoms with Crippen LogP contribution in [0.1, 0.15) is 15.2 Å². The van der Waals surface area contributed by atoms with Gasteiger partial charge in [0.05, 0.1) is 12.1 Å². The Morgan fingerprint density at radius 2 is 2.21 bits per heavy atom. The lowest BCUT2D eigenvalue weighted by Gasteiger charge is -2.16. The van der Waals surface area contributed by atoms with Crippen molar-refractivity contribution >= 4 is 33.2 Å². The highest BCUT2D eigenvalue weighted by molar-refractivity contribution is 9.10. The first-order chi connectivity index (χ1) is 8.97. The first-order valence-corrected chi connectivity index (χ1v) is 7.11. The molecule has 19 heavy (non-hydrogen) atoms. The molecule has 0 spiro atoms. The van der Waals surface area contributed by atoms with Crippen LogP contribution < -0.4 is 0 Å². The smallest absolute Gasteiger partial charge is 0.257 e. The van der Waals surface area contributed by atoms with Crippen molar-refractivity contribution in [1.82, 2.24) is 4.90 Å². The molecular weight excluding hydrogens is 333 g/mol. The zero-order valence-corrected chi connectivity index (χ0v) is 12.5. The van der Waals surface area contributed by atoms with Crippen molar-refractivity contribution < 1.29 is 14.3 Å². The maximum absolute atomic E-state index is 12.9. The molecule has 0 unspecified atom stereocenters. The number of halogens is 2. The summed E-state index contributed by atoms with van der Waals surface area (Å²) in [5.74, 6) is -1.26. The van der Waals surface area contributed by atoms with Gasteiger partial charge in [0, 0.05) is 27.8 Å². The number of amides is 1. The van der Waals surface area contributed by atoms with Crippen LogP contribution in [0, 0.1) is 5.82 Å². The number of carbonyl (C=O) groups excluding carboxylic acids is 1. The van der Waals surface area contributed by atoms with Gasteiger partial charge in [-0.2, -0.15) is 0 Å². The molecule has 0 saturated heterocycles. The fourth-order valence-corrected chi connectivity index (χ4v) is 3.14. The summed E-state index contributed by atoms with van der Waals surface area (Å²) < 4.78 is 13.8. The van der Waals surface area contributed by atoms with E-state index in [-0.39, 0.29) is 17.2 Å². The van der Waals surface area contributed by atoms with Crippen LogP contribution in [-0.4, -0.2) is 23.0 Å². The van der Waals surface area contributed by atoms with Crippen molar-refractivity contribution in [2.24, 2.45) is 0 Å². The molecule has 6 heteroatoms. The first-order valence-electron chi connectivity index (χ1n) is 5.44. The predicted molar refractivity (Wildman–Crippen MR) is 75.9 cm³/mol. The number of thiophene rings is 1. The van der Waals surface area contributed by atoms with E-state index < -0.39 is 5.82 Å². The summed E-state index contributed by atoms with van der Waals surface area (Å²) in [5, 5.41) is 11.5. The molecule has 1 aromatic heterocycles. The molecule has 0 aliphatic rings. The molecule has 1 aromatic carbocycles. The van der Waals surface area contributed by atoms with Crippen LogP contribution in [0.15, 0.2) is 34.1 Å². The summed E-state index contributed by atoms with van der Waals surface area (Å²) in [7, 11) is 1.64. The lowest BCUT2D eigenvalue weighted by atomic mass is 10.1. The standard InChI is InChI=1S/C13H11BrFNO2S/c1-16(6-10-4-8(14)7-19-10)13(18)11-3-2-9(15)5-12(11)17/h2-5,7,17H,6H2,1H3. The van der Waals surface area contributed by atoms with Crippen LogP contribution in [-0.2, 0) is 6.54 Å². The van der Waals surface area contributed by atoms with Crippen molar-refractivity contribution in [1.29, 1.82) is 0 Å². The minimum atomic E-state index is -0.570. The van der Waals surface area contributed by atoms with E-state index >= 15 is 0 Å². The molecule has 0 saturated carbocycles. The third-order valence-corrected chi connectivity index (χ3v) is 4.23. The van der Waals surface area contributed by atoms with E-state index in [0.717, 1.165) is 21.5 Å². The van der Waals surface area contributed by atoms with Gasteiger partial charge in [-0.25, -0.2) is 4.39 Å². The molecule has 1 N–H and O–H groups in total. The monoisotopic (exact) mass is 343 g/mol. The molecule has 0 atom stereocenters. The lowest BCUT2D eigenvalue weighted by Crippen LogP contribution is -2.25. The number of hydrogen-bond donors (Lipinski definition) is 1. The molecule has 0 bridgehead atoms. The fraction of sp³-hybridized carbons (Fsp3) is 0.154. The second-order valence-corrected chi connectivity index (χ2v) is 5.97. The summed E-state index contributed by atoms with van der Waals surface area (Å²) in [6, 6.07) is 5.30. The molecule has 1 heterocycles. The van der Waals surface area contributed by atoms with Gasteiger partial charge < -0.3 is 10.0 Å². The van der Waals surface area contributed by atoms with Crippen LogP contribution in [0.2, 0.25) is 0 Å². The predicted octanol–water partition coefficient (Wildman–Crippen LogP) is 3.63. The highest BCUT2D eigenvalue weighted by atomic mass is 79.9. The average Bonchev–Trinajstić information content (AvgIpc) is 2.74. The third kappa shape index (κ3) is 3.33. The summed E-state index contributed by atoms with van der Waals surface area (Å²) in [5.41, 5.74) is 0.0968. The Labute approximate surface area is 122 Å². The van der Waals surface area contributed by atoms with E-state index in [1.807, 2.05) is 11.4 Å². The van der Waals surface area contributed by atoms with Gasteiger partial charge in [0.1, 0.15) is 11.6 Å². The molecule has 0 radical (unpaired) electrons. The fourth-order valence-electron chi connectivity index (χ4n) is 1.63. The van der Waals surface area contributed by atoms with E-state index in [4.69, 9.17) is 0 Å². The third-order valence-electron chi connectivity index (χ3n) is 2.55. The molecule has 0 aliphatic heterocycles. The molecule has 3 nitrogen and oxygen atoms in total. The van der Waals surface area contributed by atoms with Gasteiger partial charge in [0.25, 0.3) is 5.91 Å². The summed E-state index contributed by atoms with van der Waals surface area (Å²) in [4.78, 5) is 14.6. The van der Waals surface area contributed by atoms with Crippen LogP contribution in [0.25, 0.3) is 0 Å². The number of phenolic OH excluding ortho intramolecular Hbond substituents is 1. The number of hydrogen-bond acceptors (Lipinski definition) is 3. The number of phenols is 1. The molecular formula is C13H11BrFNO2S. The zero-order valence-electron chi connectivity index (χ0n) is 10.1. The van der Waals surface area contributed by atoms with Gasteiger partial charge in [-0.05, 0) is 34.1 Å². The normalized spacial score (nSPS) is 10.5. The Morgan fingerprint density at radius 3 is 2.79 bits per heavy atom. The summed E-state index contributed by atoms with van der Waals surface area (Å²) in [6.45, 7) is 0.436. The second-order valence-electron chi connectivity index (χ2n) is 4.05. The quantitative estimate of drug-likeness (QED) is 0.924. The van der Waals surface area contributed by atoms with Crippen molar-refractivity contribution in [3.8, 4) is 5.75 Å². The first kappa shape index (κ1) is 14.0. The maximum Gasteiger partial charge on any atom is 0.257 e. The number of carbonyl (C=O) groups is 1. The molecule has 2 aromatic rings. The molecule has 0 fully saturated rings. The van der Waals surface area contributed by atoms with Crippen LogP contribution in [0.4, 0.5) is 4.39 Å². The molecule has 100 valence electrons. The van der Waals surface area contributed by atoms with Gasteiger partial charge >= 0.3 is 0 Å². The van der Waals surface area contributed by atoms with Gasteiger partial charge in [0.15, 0.2) is 0 Å². The van der Waals surface area contributed by atoms with Gasteiger partial charge in [-0.1, -0.05) is 0 Å². The topological polar surface area (TPSA) is 40.5 Å². The zero-order chi connectivity index (χ0) is 14.0. The van der Waals surface area contributed by atoms with Crippen molar-refractivity contribution in [2.75, 3.05) is 7.05 Å². The van der Waals surface area contributed by atoms with E-state index in [1.165, 1.54) is 22.3 Å². The minimum absolute atomic E-state index is 0.0968. The number of aromatic hydroxyl groups is 1. The summed E-state index contributed by atoms with van der Waals surface area (Å²) in [6.07, 6.45) is 0. The van der Waals surface area contributed by atoms with Crippen LogP contribution in [0.5, 0.6) is 5.75 Å². The van der Waals surface area contributed by atoms with Crippen LogP contribution in [0.3, 0.4) is 0 Å². The maximum atomic E-state index is 12.9. The average molecular weight is 344 g/mol. The lowest BCUT2D eigenvalue weighted by molar-refractivity contribution is 0.0783. The number of rotatable bonds is 3. The molecule has 1 amide bonds. The van der Waals surface area contributed by atoms with Gasteiger partial charge in [-0.15, -0.1) is 11.3 Å². The van der Waals surface area contributed by atoms with E-state index in [0.29, 0.717) is 6.54 Å². The molecule has 0 aliphatic carbocycles. The highest BCUT2D eigenvalue weighted by Crippen LogP contribution is 2.23. The Bertz CT molecular complexity index is 614. The minimum Gasteiger partial charge on any atom is -0.507 e. The summed E-state index contributed by atoms with van der Waals surface area (Å²) >= 11 is 4.88. The van der Waals surface area contributed by atoms with Gasteiger partial charge in [-0.3, -0.25) is 4.79 Å². The van der Waals surface area contributed by atoms with Crippen LogP contribution >= 0.6 is 27.3 Å². The van der Waals surface area contributed by atoms with Crippen molar-refractivity contribution in [2.45, 2.75) is 6.54 Å². The van der Waals surface area contributed by atoms with Crippen molar-refractivity contribution in [3.63, 3.8) is 0 Å². The highest BCUT2D eigenvalue weighted by Gasteiger charge is 2.17. The molecule has 2 rings (SSSR count). The Hall–Kier alpha value is -1.40. The number of nitrogens with zero attached hydrogens (tertiary/aromatic N) is 1. The Morgan fingerprint density at radius 1 is 1.47 bits per heavy atom. The Kier molecular flexibility index (Phi) is 4.21. The Balaban J connectivity index is 2.14. The largest absolute Gasteiger partial charge is 0.507 e. The SMILES string of the molecule is CN(Cc1cc(Br)cs1)C(=O)c1ccc(F)cc1O.